The highest BCUT2D eigenvalue weighted by molar-refractivity contribution is 7.74. The first kappa shape index (κ1) is 21.5. The van der Waals surface area contributed by atoms with E-state index in [1.807, 2.05) is 0 Å². The first-order valence-corrected chi connectivity index (χ1v) is 14.1. The molecule has 32 heavy (non-hydrogen) atoms. The molecule has 1 fully saturated rings. The fourth-order valence-corrected chi connectivity index (χ4v) is 10.9. The molecule has 0 saturated carbocycles. The first-order chi connectivity index (χ1) is 15.8. The van der Waals surface area contributed by atoms with Crippen LogP contribution in [-0.4, -0.2) is 29.9 Å². The summed E-state index contributed by atoms with van der Waals surface area (Å²) >= 11 is 0. The topological polar surface area (TPSA) is 3.24 Å². The fourth-order valence-electron chi connectivity index (χ4n) is 4.86. The van der Waals surface area contributed by atoms with E-state index in [0.717, 1.165) is 6.54 Å². The van der Waals surface area contributed by atoms with Crippen LogP contribution >= 0.6 is 15.8 Å². The molecule has 160 valence electrons. The second-order valence-electron chi connectivity index (χ2n) is 8.39. The van der Waals surface area contributed by atoms with Crippen molar-refractivity contribution in [3.05, 3.63) is 121 Å². The van der Waals surface area contributed by atoms with Gasteiger partial charge in [-0.1, -0.05) is 121 Å². The third-order valence-corrected chi connectivity index (χ3v) is 12.0. The molecular formula is C29H29NP2. The second-order valence-corrected chi connectivity index (χ2v) is 13.3. The van der Waals surface area contributed by atoms with Gasteiger partial charge in [0.1, 0.15) is 0 Å². The van der Waals surface area contributed by atoms with Crippen LogP contribution in [0.3, 0.4) is 0 Å². The van der Waals surface area contributed by atoms with E-state index in [9.17, 15) is 0 Å². The maximum absolute atomic E-state index is 2.65. The van der Waals surface area contributed by atoms with Crippen LogP contribution in [0.4, 0.5) is 0 Å². The Morgan fingerprint density at radius 2 is 0.875 bits per heavy atom. The minimum absolute atomic E-state index is 0.399. The van der Waals surface area contributed by atoms with Gasteiger partial charge in [-0.2, -0.15) is 0 Å². The first-order valence-electron chi connectivity index (χ1n) is 11.3. The molecule has 0 bridgehead atoms. The summed E-state index contributed by atoms with van der Waals surface area (Å²) in [5.41, 5.74) is 0.655. The lowest BCUT2D eigenvalue weighted by Gasteiger charge is -2.30. The summed E-state index contributed by atoms with van der Waals surface area (Å²) in [6, 6.07) is 44.8. The molecule has 0 N–H and O–H groups in total. The Balaban J connectivity index is 1.52. The van der Waals surface area contributed by atoms with E-state index in [4.69, 9.17) is 0 Å². The van der Waals surface area contributed by atoms with Gasteiger partial charge in [0, 0.05) is 18.0 Å². The van der Waals surface area contributed by atoms with Crippen LogP contribution < -0.4 is 21.2 Å². The van der Waals surface area contributed by atoms with Gasteiger partial charge in [0.05, 0.1) is 0 Å². The quantitative estimate of drug-likeness (QED) is 0.359. The zero-order chi connectivity index (χ0) is 21.8. The minimum atomic E-state index is -0.444. The van der Waals surface area contributed by atoms with Crippen molar-refractivity contribution < 1.29 is 0 Å². The lowest BCUT2D eigenvalue weighted by atomic mass is 10.3. The summed E-state index contributed by atoms with van der Waals surface area (Å²) in [5, 5.41) is 5.96. The van der Waals surface area contributed by atoms with E-state index in [-0.39, 0.29) is 0 Å². The molecule has 1 aliphatic heterocycles. The number of likely N-dealkylation sites (tertiary alicyclic amines) is 1. The van der Waals surface area contributed by atoms with Crippen LogP contribution in [0.2, 0.25) is 0 Å². The van der Waals surface area contributed by atoms with Crippen molar-refractivity contribution in [1.82, 2.24) is 4.90 Å². The van der Waals surface area contributed by atoms with Gasteiger partial charge in [-0.15, -0.1) is 0 Å². The van der Waals surface area contributed by atoms with Gasteiger partial charge in [-0.25, -0.2) is 0 Å². The van der Waals surface area contributed by atoms with Crippen molar-refractivity contribution in [1.29, 1.82) is 0 Å². The predicted octanol–water partition coefficient (Wildman–Crippen LogP) is 5.28. The molecular weight excluding hydrogens is 424 g/mol. The van der Waals surface area contributed by atoms with E-state index in [1.165, 1.54) is 27.6 Å². The van der Waals surface area contributed by atoms with Crippen LogP contribution in [-0.2, 0) is 0 Å². The number of rotatable bonds is 6. The summed E-state index contributed by atoms with van der Waals surface area (Å²) in [7, 11) is 1.50. The fraction of sp³-hybridized carbons (Fsp3) is 0.172. The maximum Gasteiger partial charge on any atom is 0.0382 e. The van der Waals surface area contributed by atoms with Crippen LogP contribution in [0.15, 0.2) is 121 Å². The highest BCUT2D eigenvalue weighted by Crippen LogP contribution is 2.52. The maximum atomic E-state index is 2.65. The third kappa shape index (κ3) is 4.57. The molecule has 0 spiro atoms. The molecule has 0 radical (unpaired) electrons. The normalized spacial score (nSPS) is 19.0. The summed E-state index contributed by atoms with van der Waals surface area (Å²) < 4.78 is 0. The second kappa shape index (κ2) is 10.1. The molecule has 1 heterocycles. The zero-order valence-corrected chi connectivity index (χ0v) is 20.2. The number of hydrogen-bond donors (Lipinski definition) is 0. The van der Waals surface area contributed by atoms with Crippen molar-refractivity contribution in [3.8, 4) is 0 Å². The zero-order valence-electron chi connectivity index (χ0n) is 18.5. The smallest absolute Gasteiger partial charge is 0.0382 e. The minimum Gasteiger partial charge on any atom is -0.298 e. The van der Waals surface area contributed by atoms with E-state index < -0.39 is 15.8 Å². The van der Waals surface area contributed by atoms with Crippen molar-refractivity contribution in [2.75, 3.05) is 13.6 Å². The Bertz CT molecular complexity index is 1020. The monoisotopic (exact) mass is 453 g/mol. The van der Waals surface area contributed by atoms with Gasteiger partial charge < -0.3 is 0 Å². The Hall–Kier alpha value is -2.30. The Labute approximate surface area is 194 Å². The van der Waals surface area contributed by atoms with E-state index in [1.54, 1.807) is 0 Å². The highest BCUT2D eigenvalue weighted by atomic mass is 31.1. The lowest BCUT2D eigenvalue weighted by Crippen LogP contribution is -2.30. The standard InChI is InChI=1S/C29H29NP2/c1-30-23-28(31(24-14-6-2-7-15-24)25-16-8-3-9-17-25)22-29(30)32(26-18-10-4-11-19-26)27-20-12-5-13-21-27/h2-21,28-29H,22-23H2,1H3/t28?,29-/m1/s1. The van der Waals surface area contributed by atoms with Crippen molar-refractivity contribution >= 4 is 37.1 Å². The van der Waals surface area contributed by atoms with Gasteiger partial charge in [-0.05, 0) is 50.5 Å². The third-order valence-electron chi connectivity index (χ3n) is 6.29. The molecule has 0 amide bonds. The van der Waals surface area contributed by atoms with E-state index in [2.05, 4.69) is 133 Å². The number of nitrogens with zero attached hydrogens (tertiary/aromatic N) is 1. The molecule has 0 aromatic heterocycles. The Morgan fingerprint density at radius 3 is 1.25 bits per heavy atom. The summed E-state index contributed by atoms with van der Waals surface area (Å²) in [6.45, 7) is 1.15. The van der Waals surface area contributed by atoms with Crippen molar-refractivity contribution in [2.45, 2.75) is 17.9 Å². The molecule has 1 saturated heterocycles. The highest BCUT2D eigenvalue weighted by Gasteiger charge is 2.40. The number of benzene rings is 4. The molecule has 0 aliphatic carbocycles. The van der Waals surface area contributed by atoms with Crippen LogP contribution in [0.1, 0.15) is 6.42 Å². The van der Waals surface area contributed by atoms with E-state index in [0.29, 0.717) is 11.4 Å². The molecule has 4 aromatic carbocycles. The Kier molecular flexibility index (Phi) is 6.80. The summed E-state index contributed by atoms with van der Waals surface area (Å²) in [4.78, 5) is 2.65. The van der Waals surface area contributed by atoms with Crippen LogP contribution in [0.25, 0.3) is 0 Å². The van der Waals surface area contributed by atoms with E-state index >= 15 is 0 Å². The van der Waals surface area contributed by atoms with Gasteiger partial charge in [-0.3, -0.25) is 4.90 Å². The van der Waals surface area contributed by atoms with Gasteiger partial charge in [0.25, 0.3) is 0 Å². The van der Waals surface area contributed by atoms with Crippen LogP contribution in [0, 0.1) is 0 Å². The molecule has 2 atom stereocenters. The average molecular weight is 454 g/mol. The summed E-state index contributed by atoms with van der Waals surface area (Å²) in [6.07, 6.45) is 1.24. The van der Waals surface area contributed by atoms with Crippen molar-refractivity contribution in [3.63, 3.8) is 0 Å². The molecule has 4 aromatic rings. The molecule has 1 unspecified atom stereocenters. The molecule has 1 nitrogen and oxygen atoms in total. The summed E-state index contributed by atoms with van der Waals surface area (Å²) in [5.74, 6) is 0.553. The van der Waals surface area contributed by atoms with Gasteiger partial charge >= 0.3 is 0 Å². The number of hydrogen-bond acceptors (Lipinski definition) is 1. The SMILES string of the molecule is CN1CC(P(c2ccccc2)c2ccccc2)C[C@H]1P(c1ccccc1)c1ccccc1. The Morgan fingerprint density at radius 1 is 0.531 bits per heavy atom. The molecule has 3 heteroatoms. The van der Waals surface area contributed by atoms with Crippen LogP contribution in [0.5, 0.6) is 0 Å². The largest absolute Gasteiger partial charge is 0.298 e. The average Bonchev–Trinajstić information content (AvgIpc) is 3.22. The molecule has 5 rings (SSSR count). The predicted molar refractivity (Wildman–Crippen MR) is 143 cm³/mol. The van der Waals surface area contributed by atoms with Crippen molar-refractivity contribution in [2.24, 2.45) is 0 Å². The van der Waals surface area contributed by atoms with Gasteiger partial charge in [0.15, 0.2) is 0 Å². The molecule has 1 aliphatic rings. The lowest BCUT2D eigenvalue weighted by molar-refractivity contribution is 0.388. The van der Waals surface area contributed by atoms with Gasteiger partial charge in [0.2, 0.25) is 0 Å².